The first-order chi connectivity index (χ1) is 15.5. The second-order valence-corrected chi connectivity index (χ2v) is 7.56. The zero-order chi connectivity index (χ0) is 22.5. The number of nitrogens with zero attached hydrogens (tertiary/aromatic N) is 4. The molecule has 32 heavy (non-hydrogen) atoms. The van der Waals surface area contributed by atoms with Crippen LogP contribution < -0.4 is 16.0 Å². The zero-order valence-corrected chi connectivity index (χ0v) is 18.2. The fourth-order valence-corrected chi connectivity index (χ4v) is 3.12. The number of hydrogen-bond acceptors (Lipinski definition) is 6. The molecular formula is C24H25N7O. The molecule has 1 amide bonds. The van der Waals surface area contributed by atoms with Crippen molar-refractivity contribution < 1.29 is 4.79 Å². The Morgan fingerprint density at radius 2 is 1.56 bits per heavy atom. The van der Waals surface area contributed by atoms with Crippen molar-refractivity contribution in [3.63, 3.8) is 0 Å². The minimum absolute atomic E-state index is 0.132. The molecule has 8 heteroatoms. The molecule has 2 heterocycles. The van der Waals surface area contributed by atoms with Crippen molar-refractivity contribution in [2.45, 2.75) is 26.8 Å². The molecule has 3 N–H and O–H groups in total. The Hall–Kier alpha value is -4.20. The number of anilines is 5. The first-order valence-electron chi connectivity index (χ1n) is 10.3. The fraction of sp³-hybridized carbons (Fsp3) is 0.167. The highest BCUT2D eigenvalue weighted by Crippen LogP contribution is 2.21. The van der Waals surface area contributed by atoms with E-state index in [2.05, 4.69) is 31.0 Å². The number of carbonyl (C=O) groups is 1. The van der Waals surface area contributed by atoms with Gasteiger partial charge in [0.15, 0.2) is 0 Å². The summed E-state index contributed by atoms with van der Waals surface area (Å²) in [5.41, 5.74) is 4.52. The standard InChI is InChI=1S/C24H25N7O/c1-16-5-7-21(8-6-16)29-24-26-17(2)15-22(30-24)27-19-9-11-20(12-10-19)28-23(32)18(3)31-14-4-13-25-31/h4-15,18H,1-3H3,(H,28,32)(H2,26,27,29,30). The second kappa shape index (κ2) is 9.30. The number of amides is 1. The van der Waals surface area contributed by atoms with Crippen LogP contribution in [0.25, 0.3) is 0 Å². The average Bonchev–Trinajstić information content (AvgIpc) is 3.31. The molecule has 0 saturated carbocycles. The van der Waals surface area contributed by atoms with E-state index in [1.807, 2.05) is 68.4 Å². The highest BCUT2D eigenvalue weighted by Gasteiger charge is 2.15. The minimum Gasteiger partial charge on any atom is -0.340 e. The van der Waals surface area contributed by atoms with Crippen molar-refractivity contribution in [2.24, 2.45) is 0 Å². The lowest BCUT2D eigenvalue weighted by Gasteiger charge is -2.13. The summed E-state index contributed by atoms with van der Waals surface area (Å²) in [5, 5.41) is 13.5. The van der Waals surface area contributed by atoms with Gasteiger partial charge in [0, 0.05) is 41.2 Å². The molecule has 1 unspecified atom stereocenters. The molecule has 1 atom stereocenters. The van der Waals surface area contributed by atoms with Crippen LogP contribution >= 0.6 is 0 Å². The van der Waals surface area contributed by atoms with Gasteiger partial charge in [-0.2, -0.15) is 10.1 Å². The van der Waals surface area contributed by atoms with Crippen LogP contribution in [0.1, 0.15) is 24.2 Å². The molecule has 8 nitrogen and oxygen atoms in total. The van der Waals surface area contributed by atoms with E-state index in [1.54, 1.807) is 30.1 Å². The van der Waals surface area contributed by atoms with Gasteiger partial charge in [-0.05, 0) is 63.2 Å². The summed E-state index contributed by atoms with van der Waals surface area (Å²) < 4.78 is 1.62. The van der Waals surface area contributed by atoms with Gasteiger partial charge in [-0.15, -0.1) is 0 Å². The van der Waals surface area contributed by atoms with Crippen LogP contribution in [-0.2, 0) is 4.79 Å². The van der Waals surface area contributed by atoms with E-state index in [1.165, 1.54) is 5.56 Å². The van der Waals surface area contributed by atoms with Gasteiger partial charge in [-0.3, -0.25) is 9.48 Å². The van der Waals surface area contributed by atoms with Crippen LogP contribution in [0.3, 0.4) is 0 Å². The SMILES string of the molecule is Cc1ccc(Nc2nc(C)cc(Nc3ccc(NC(=O)C(C)n4cccn4)cc3)n2)cc1. The topological polar surface area (TPSA) is 96.8 Å². The predicted molar refractivity (Wildman–Crippen MR) is 127 cm³/mol. The first-order valence-corrected chi connectivity index (χ1v) is 10.3. The van der Waals surface area contributed by atoms with Gasteiger partial charge in [0.25, 0.3) is 0 Å². The summed E-state index contributed by atoms with van der Waals surface area (Å²) in [6, 6.07) is 18.8. The summed E-state index contributed by atoms with van der Waals surface area (Å²) >= 11 is 0. The van der Waals surface area contributed by atoms with E-state index in [0.717, 1.165) is 17.1 Å². The molecule has 162 valence electrons. The summed E-state index contributed by atoms with van der Waals surface area (Å²) in [6.07, 6.45) is 3.42. The smallest absolute Gasteiger partial charge is 0.248 e. The molecule has 0 spiro atoms. The number of hydrogen-bond donors (Lipinski definition) is 3. The number of nitrogens with one attached hydrogen (secondary N) is 3. The Morgan fingerprint density at radius 3 is 2.25 bits per heavy atom. The predicted octanol–water partition coefficient (Wildman–Crippen LogP) is 4.98. The summed E-state index contributed by atoms with van der Waals surface area (Å²) in [5.74, 6) is 1.07. The lowest BCUT2D eigenvalue weighted by molar-refractivity contribution is -0.119. The van der Waals surface area contributed by atoms with Gasteiger partial charge in [0.05, 0.1) is 0 Å². The van der Waals surface area contributed by atoms with Gasteiger partial charge < -0.3 is 16.0 Å². The van der Waals surface area contributed by atoms with Crippen LogP contribution in [-0.4, -0.2) is 25.7 Å². The molecule has 0 fully saturated rings. The molecule has 4 aromatic rings. The van der Waals surface area contributed by atoms with Crippen LogP contribution in [0, 0.1) is 13.8 Å². The first kappa shape index (κ1) is 21.0. The lowest BCUT2D eigenvalue weighted by atomic mass is 10.2. The third kappa shape index (κ3) is 5.28. The molecule has 0 radical (unpaired) electrons. The van der Waals surface area contributed by atoms with Crippen molar-refractivity contribution in [1.29, 1.82) is 0 Å². The number of benzene rings is 2. The van der Waals surface area contributed by atoms with Crippen molar-refractivity contribution >= 4 is 34.7 Å². The van der Waals surface area contributed by atoms with E-state index >= 15 is 0 Å². The molecule has 0 bridgehead atoms. The number of aromatic nitrogens is 4. The molecule has 0 aliphatic carbocycles. The van der Waals surface area contributed by atoms with Gasteiger partial charge in [0.2, 0.25) is 11.9 Å². The van der Waals surface area contributed by atoms with Crippen LogP contribution in [0.5, 0.6) is 0 Å². The summed E-state index contributed by atoms with van der Waals surface area (Å²) in [4.78, 5) is 21.4. The van der Waals surface area contributed by atoms with E-state index in [0.29, 0.717) is 17.5 Å². The average molecular weight is 428 g/mol. The maximum Gasteiger partial charge on any atom is 0.248 e. The molecular weight excluding hydrogens is 402 g/mol. The Kier molecular flexibility index (Phi) is 6.12. The van der Waals surface area contributed by atoms with Crippen LogP contribution in [0.2, 0.25) is 0 Å². The summed E-state index contributed by atoms with van der Waals surface area (Å²) in [7, 11) is 0. The Bertz CT molecular complexity index is 1190. The van der Waals surface area contributed by atoms with Crippen molar-refractivity contribution in [3.8, 4) is 0 Å². The van der Waals surface area contributed by atoms with Crippen molar-refractivity contribution in [2.75, 3.05) is 16.0 Å². The Balaban J connectivity index is 1.41. The molecule has 2 aromatic heterocycles. The second-order valence-electron chi connectivity index (χ2n) is 7.56. The van der Waals surface area contributed by atoms with E-state index in [4.69, 9.17) is 0 Å². The molecule has 2 aromatic carbocycles. The maximum absolute atomic E-state index is 12.4. The Morgan fingerprint density at radius 1 is 0.906 bits per heavy atom. The fourth-order valence-electron chi connectivity index (χ4n) is 3.12. The highest BCUT2D eigenvalue weighted by atomic mass is 16.2. The third-order valence-corrected chi connectivity index (χ3v) is 4.89. The van der Waals surface area contributed by atoms with E-state index < -0.39 is 6.04 Å². The van der Waals surface area contributed by atoms with Gasteiger partial charge in [0.1, 0.15) is 11.9 Å². The minimum atomic E-state index is -0.397. The van der Waals surface area contributed by atoms with Crippen molar-refractivity contribution in [3.05, 3.63) is 84.3 Å². The van der Waals surface area contributed by atoms with Gasteiger partial charge >= 0.3 is 0 Å². The third-order valence-electron chi connectivity index (χ3n) is 4.89. The van der Waals surface area contributed by atoms with Gasteiger partial charge in [-0.1, -0.05) is 17.7 Å². The van der Waals surface area contributed by atoms with Crippen LogP contribution in [0.4, 0.5) is 28.8 Å². The molecule has 0 aliphatic rings. The molecule has 0 saturated heterocycles. The normalized spacial score (nSPS) is 11.6. The van der Waals surface area contributed by atoms with E-state index in [-0.39, 0.29) is 5.91 Å². The maximum atomic E-state index is 12.4. The van der Waals surface area contributed by atoms with Gasteiger partial charge in [-0.25, -0.2) is 4.98 Å². The van der Waals surface area contributed by atoms with Crippen molar-refractivity contribution in [1.82, 2.24) is 19.7 Å². The lowest BCUT2D eigenvalue weighted by Crippen LogP contribution is -2.23. The van der Waals surface area contributed by atoms with E-state index in [9.17, 15) is 4.79 Å². The summed E-state index contributed by atoms with van der Waals surface area (Å²) in [6.45, 7) is 5.77. The number of aryl methyl sites for hydroxylation is 2. The van der Waals surface area contributed by atoms with Crippen LogP contribution in [0.15, 0.2) is 73.1 Å². The largest absolute Gasteiger partial charge is 0.340 e. The Labute approximate surface area is 186 Å². The number of carbonyl (C=O) groups excluding carboxylic acids is 1. The highest BCUT2D eigenvalue weighted by molar-refractivity contribution is 5.93. The zero-order valence-electron chi connectivity index (χ0n) is 18.2. The molecule has 4 rings (SSSR count). The quantitative estimate of drug-likeness (QED) is 0.385. The monoisotopic (exact) mass is 427 g/mol. The molecule has 0 aliphatic heterocycles. The number of rotatable bonds is 7.